The second-order valence-corrected chi connectivity index (χ2v) is 3.27. The Hall–Kier alpha value is -2.50. The average Bonchev–Trinajstić information content (AvgIpc) is 2.73. The topological polar surface area (TPSA) is 93.4 Å². The minimum Gasteiger partial charge on any atom is -0.368 e. The number of rotatable bonds is 1. The maximum atomic E-state index is 5.48. The van der Waals surface area contributed by atoms with Crippen molar-refractivity contribution >= 4 is 17.1 Å². The molecular formula is C10H8N6. The van der Waals surface area contributed by atoms with E-state index in [9.17, 15) is 0 Å². The van der Waals surface area contributed by atoms with Crippen LogP contribution >= 0.6 is 0 Å². The molecule has 3 heterocycles. The van der Waals surface area contributed by atoms with E-state index in [2.05, 4.69) is 24.9 Å². The second kappa shape index (κ2) is 3.27. The maximum absolute atomic E-state index is 5.48. The smallest absolute Gasteiger partial charge is 0.222 e. The van der Waals surface area contributed by atoms with Gasteiger partial charge in [-0.2, -0.15) is 4.98 Å². The highest BCUT2D eigenvalue weighted by Gasteiger charge is 2.07. The number of aromatic amines is 1. The second-order valence-electron chi connectivity index (χ2n) is 3.27. The van der Waals surface area contributed by atoms with Gasteiger partial charge in [-0.15, -0.1) is 0 Å². The van der Waals surface area contributed by atoms with E-state index in [-0.39, 0.29) is 5.95 Å². The Labute approximate surface area is 90.6 Å². The summed E-state index contributed by atoms with van der Waals surface area (Å²) in [5, 5.41) is 0. The molecule has 3 rings (SSSR count). The fourth-order valence-electron chi connectivity index (χ4n) is 1.44. The minimum absolute atomic E-state index is 0.214. The molecular weight excluding hydrogens is 204 g/mol. The Morgan fingerprint density at radius 1 is 1.12 bits per heavy atom. The van der Waals surface area contributed by atoms with Crippen LogP contribution in [0.1, 0.15) is 0 Å². The first-order chi connectivity index (χ1) is 7.83. The van der Waals surface area contributed by atoms with Gasteiger partial charge in [0, 0.05) is 6.20 Å². The number of aromatic nitrogens is 5. The molecule has 0 aliphatic rings. The Morgan fingerprint density at radius 2 is 2.06 bits per heavy atom. The molecule has 3 aromatic heterocycles. The van der Waals surface area contributed by atoms with Crippen molar-refractivity contribution in [1.29, 1.82) is 0 Å². The van der Waals surface area contributed by atoms with Gasteiger partial charge in [-0.25, -0.2) is 9.97 Å². The molecule has 0 saturated heterocycles. The van der Waals surface area contributed by atoms with Gasteiger partial charge in [0.15, 0.2) is 11.5 Å². The number of hydrogen-bond donors (Lipinski definition) is 2. The number of nitrogen functional groups attached to an aromatic ring is 1. The van der Waals surface area contributed by atoms with E-state index < -0.39 is 0 Å². The molecule has 0 fully saturated rings. The Bertz CT molecular complexity index is 630. The first kappa shape index (κ1) is 8.78. The molecule has 0 radical (unpaired) electrons. The first-order valence-electron chi connectivity index (χ1n) is 4.72. The highest BCUT2D eigenvalue weighted by molar-refractivity contribution is 5.74. The van der Waals surface area contributed by atoms with Crippen LogP contribution in [0.3, 0.4) is 0 Å². The number of H-pyrrole nitrogens is 1. The Kier molecular flexibility index (Phi) is 1.79. The van der Waals surface area contributed by atoms with Crippen LogP contribution in [-0.2, 0) is 0 Å². The fourth-order valence-corrected chi connectivity index (χ4v) is 1.44. The van der Waals surface area contributed by atoms with Crippen LogP contribution in [0.15, 0.2) is 30.6 Å². The lowest BCUT2D eigenvalue weighted by Gasteiger charge is -1.91. The van der Waals surface area contributed by atoms with Gasteiger partial charge in [0.25, 0.3) is 0 Å². The van der Waals surface area contributed by atoms with Crippen LogP contribution < -0.4 is 5.73 Å². The zero-order valence-electron chi connectivity index (χ0n) is 8.25. The highest BCUT2D eigenvalue weighted by atomic mass is 15.1. The predicted molar refractivity (Wildman–Crippen MR) is 59.3 cm³/mol. The molecule has 0 amide bonds. The standard InChI is InChI=1S/C10H8N6/c11-10-13-5-7-9(16-10)15-8(14-7)6-3-1-2-4-12-6/h1-5H,(H3,11,13,14,15,16). The molecule has 0 atom stereocenters. The number of imidazole rings is 1. The van der Waals surface area contributed by atoms with Crippen LogP contribution in [0.2, 0.25) is 0 Å². The summed E-state index contributed by atoms with van der Waals surface area (Å²) in [5.74, 6) is 0.877. The summed E-state index contributed by atoms with van der Waals surface area (Å²) in [6.07, 6.45) is 3.32. The van der Waals surface area contributed by atoms with Crippen molar-refractivity contribution in [3.63, 3.8) is 0 Å². The number of nitrogens with one attached hydrogen (secondary N) is 1. The van der Waals surface area contributed by atoms with Gasteiger partial charge in [0.1, 0.15) is 11.2 Å². The normalized spacial score (nSPS) is 10.8. The monoisotopic (exact) mass is 212 g/mol. The van der Waals surface area contributed by atoms with Gasteiger partial charge >= 0.3 is 0 Å². The molecule has 6 nitrogen and oxygen atoms in total. The van der Waals surface area contributed by atoms with Gasteiger partial charge in [0.05, 0.1) is 6.20 Å². The highest BCUT2D eigenvalue weighted by Crippen LogP contribution is 2.16. The first-order valence-corrected chi connectivity index (χ1v) is 4.72. The Morgan fingerprint density at radius 3 is 2.88 bits per heavy atom. The summed E-state index contributed by atoms with van der Waals surface area (Å²) in [4.78, 5) is 19.5. The molecule has 0 aliphatic carbocycles. The summed E-state index contributed by atoms with van der Waals surface area (Å²) in [6.45, 7) is 0. The van der Waals surface area contributed by atoms with Crippen molar-refractivity contribution in [2.75, 3.05) is 5.73 Å². The van der Waals surface area contributed by atoms with Gasteiger partial charge in [-0.05, 0) is 12.1 Å². The molecule has 0 saturated carbocycles. The van der Waals surface area contributed by atoms with Crippen molar-refractivity contribution in [2.24, 2.45) is 0 Å². The van der Waals surface area contributed by atoms with Crippen molar-refractivity contribution in [1.82, 2.24) is 24.9 Å². The summed E-state index contributed by atoms with van der Waals surface area (Å²) in [7, 11) is 0. The third kappa shape index (κ3) is 1.36. The van der Waals surface area contributed by atoms with E-state index in [1.54, 1.807) is 12.4 Å². The van der Waals surface area contributed by atoms with Crippen LogP contribution in [0.5, 0.6) is 0 Å². The third-order valence-electron chi connectivity index (χ3n) is 2.17. The molecule has 3 N–H and O–H groups in total. The lowest BCUT2D eigenvalue weighted by molar-refractivity contribution is 1.21. The van der Waals surface area contributed by atoms with E-state index in [1.807, 2.05) is 18.2 Å². The number of hydrogen-bond acceptors (Lipinski definition) is 5. The SMILES string of the molecule is Nc1ncc2[nH]c(-c3ccccn3)nc2n1. The number of nitrogens with two attached hydrogens (primary N) is 1. The lowest BCUT2D eigenvalue weighted by Crippen LogP contribution is -1.93. The summed E-state index contributed by atoms with van der Waals surface area (Å²) in [6, 6.07) is 5.62. The third-order valence-corrected chi connectivity index (χ3v) is 2.17. The van der Waals surface area contributed by atoms with Crippen molar-refractivity contribution in [3.05, 3.63) is 30.6 Å². The molecule has 0 bridgehead atoms. The predicted octanol–water partition coefficient (Wildman–Crippen LogP) is 0.997. The quantitative estimate of drug-likeness (QED) is 0.627. The van der Waals surface area contributed by atoms with Crippen LogP contribution in [0.25, 0.3) is 22.7 Å². The zero-order valence-corrected chi connectivity index (χ0v) is 8.25. The van der Waals surface area contributed by atoms with Crippen molar-refractivity contribution < 1.29 is 0 Å². The molecule has 6 heteroatoms. The molecule has 0 spiro atoms. The summed E-state index contributed by atoms with van der Waals surface area (Å²) in [5.41, 5.74) is 7.54. The molecule has 78 valence electrons. The molecule has 0 aromatic carbocycles. The molecule has 16 heavy (non-hydrogen) atoms. The Balaban J connectivity index is 2.19. The van der Waals surface area contributed by atoms with Gasteiger partial charge in [-0.1, -0.05) is 6.07 Å². The lowest BCUT2D eigenvalue weighted by atomic mass is 10.3. The number of pyridine rings is 1. The molecule has 3 aromatic rings. The van der Waals surface area contributed by atoms with Crippen LogP contribution in [0.4, 0.5) is 5.95 Å². The van der Waals surface area contributed by atoms with Crippen molar-refractivity contribution in [3.8, 4) is 11.5 Å². The van der Waals surface area contributed by atoms with Crippen LogP contribution in [0, 0.1) is 0 Å². The fraction of sp³-hybridized carbons (Fsp3) is 0. The summed E-state index contributed by atoms with van der Waals surface area (Å²) < 4.78 is 0. The summed E-state index contributed by atoms with van der Waals surface area (Å²) >= 11 is 0. The minimum atomic E-state index is 0.214. The van der Waals surface area contributed by atoms with E-state index in [0.717, 1.165) is 11.2 Å². The van der Waals surface area contributed by atoms with Crippen LogP contribution in [-0.4, -0.2) is 24.9 Å². The maximum Gasteiger partial charge on any atom is 0.222 e. The number of fused-ring (bicyclic) bond motifs is 1. The van der Waals surface area contributed by atoms with E-state index in [4.69, 9.17) is 5.73 Å². The largest absolute Gasteiger partial charge is 0.368 e. The number of nitrogens with zero attached hydrogens (tertiary/aromatic N) is 4. The van der Waals surface area contributed by atoms with Gasteiger partial charge < -0.3 is 10.7 Å². The van der Waals surface area contributed by atoms with Gasteiger partial charge in [-0.3, -0.25) is 4.98 Å². The average molecular weight is 212 g/mol. The van der Waals surface area contributed by atoms with Crippen molar-refractivity contribution in [2.45, 2.75) is 0 Å². The van der Waals surface area contributed by atoms with E-state index in [0.29, 0.717) is 11.5 Å². The van der Waals surface area contributed by atoms with Gasteiger partial charge in [0.2, 0.25) is 5.95 Å². The van der Waals surface area contributed by atoms with E-state index in [1.165, 1.54) is 0 Å². The molecule has 0 aliphatic heterocycles. The zero-order chi connectivity index (χ0) is 11.0. The number of anilines is 1. The van der Waals surface area contributed by atoms with E-state index >= 15 is 0 Å². The molecule has 0 unspecified atom stereocenters.